The van der Waals surface area contributed by atoms with Crippen LogP contribution in [0.25, 0.3) is 0 Å². The Bertz CT molecular complexity index is 333. The largest absolute Gasteiger partial charge is 0.493 e. The van der Waals surface area contributed by atoms with Crippen molar-refractivity contribution in [2.45, 2.75) is 20.3 Å². The van der Waals surface area contributed by atoms with Gasteiger partial charge in [0, 0.05) is 19.1 Å². The fraction of sp³-hybridized carbons (Fsp3) is 0.600. The van der Waals surface area contributed by atoms with E-state index in [9.17, 15) is 0 Å². The standard InChI is InChI=1S/C15H25NO2/c1-15(2,11-16-3)12-18-14-7-5-13(6-8-14)9-10-17-4/h5-8,16H,9-12H2,1-4H3. The minimum Gasteiger partial charge on any atom is -0.493 e. The van der Waals surface area contributed by atoms with Crippen LogP contribution in [0, 0.1) is 5.41 Å². The van der Waals surface area contributed by atoms with E-state index < -0.39 is 0 Å². The van der Waals surface area contributed by atoms with Gasteiger partial charge in [0.25, 0.3) is 0 Å². The third-order valence-electron chi connectivity index (χ3n) is 2.80. The Morgan fingerprint density at radius 3 is 2.39 bits per heavy atom. The molecule has 0 spiro atoms. The van der Waals surface area contributed by atoms with Crippen LogP contribution in [0.4, 0.5) is 0 Å². The highest BCUT2D eigenvalue weighted by atomic mass is 16.5. The zero-order valence-electron chi connectivity index (χ0n) is 12.0. The van der Waals surface area contributed by atoms with Gasteiger partial charge in [-0.1, -0.05) is 26.0 Å². The second kappa shape index (κ2) is 7.39. The first-order valence-electron chi connectivity index (χ1n) is 6.43. The van der Waals surface area contributed by atoms with Crippen molar-refractivity contribution in [1.29, 1.82) is 0 Å². The molecule has 0 bridgehead atoms. The van der Waals surface area contributed by atoms with Gasteiger partial charge in [0.2, 0.25) is 0 Å². The van der Waals surface area contributed by atoms with Gasteiger partial charge in [-0.25, -0.2) is 0 Å². The highest BCUT2D eigenvalue weighted by molar-refractivity contribution is 5.27. The second-order valence-corrected chi connectivity index (χ2v) is 5.37. The number of benzene rings is 1. The fourth-order valence-corrected chi connectivity index (χ4v) is 1.78. The van der Waals surface area contributed by atoms with Crippen LogP contribution in [-0.4, -0.2) is 33.9 Å². The highest BCUT2D eigenvalue weighted by Gasteiger charge is 2.17. The molecule has 0 unspecified atom stereocenters. The average Bonchev–Trinajstić information content (AvgIpc) is 2.35. The van der Waals surface area contributed by atoms with Crippen LogP contribution in [0.1, 0.15) is 19.4 Å². The molecule has 0 aliphatic carbocycles. The molecule has 0 aromatic heterocycles. The van der Waals surface area contributed by atoms with Crippen molar-refractivity contribution >= 4 is 0 Å². The van der Waals surface area contributed by atoms with Gasteiger partial charge in [-0.3, -0.25) is 0 Å². The molecule has 1 rings (SSSR count). The summed E-state index contributed by atoms with van der Waals surface area (Å²) in [4.78, 5) is 0. The van der Waals surface area contributed by atoms with Crippen molar-refractivity contribution in [3.05, 3.63) is 29.8 Å². The third-order valence-corrected chi connectivity index (χ3v) is 2.80. The topological polar surface area (TPSA) is 30.5 Å². The van der Waals surface area contributed by atoms with Crippen molar-refractivity contribution in [3.63, 3.8) is 0 Å². The SMILES string of the molecule is CNCC(C)(C)COc1ccc(CCOC)cc1. The van der Waals surface area contributed by atoms with Crippen LogP contribution in [0.15, 0.2) is 24.3 Å². The van der Waals surface area contributed by atoms with Crippen molar-refractivity contribution in [2.24, 2.45) is 5.41 Å². The van der Waals surface area contributed by atoms with E-state index >= 15 is 0 Å². The lowest BCUT2D eigenvalue weighted by Gasteiger charge is -2.24. The van der Waals surface area contributed by atoms with Gasteiger partial charge in [-0.15, -0.1) is 0 Å². The summed E-state index contributed by atoms with van der Waals surface area (Å²) in [6.07, 6.45) is 0.946. The molecule has 0 aliphatic heterocycles. The number of rotatable bonds is 8. The number of ether oxygens (including phenoxy) is 2. The zero-order valence-corrected chi connectivity index (χ0v) is 12.0. The van der Waals surface area contributed by atoms with Crippen LogP contribution < -0.4 is 10.1 Å². The molecule has 0 aliphatic rings. The van der Waals surface area contributed by atoms with Crippen molar-refractivity contribution in [2.75, 3.05) is 33.9 Å². The molecule has 0 fully saturated rings. The average molecular weight is 251 g/mol. The van der Waals surface area contributed by atoms with E-state index in [-0.39, 0.29) is 5.41 Å². The van der Waals surface area contributed by atoms with Crippen LogP contribution in [0.5, 0.6) is 5.75 Å². The Labute approximate surface area is 110 Å². The maximum absolute atomic E-state index is 5.81. The Morgan fingerprint density at radius 1 is 1.17 bits per heavy atom. The first-order valence-corrected chi connectivity index (χ1v) is 6.43. The van der Waals surface area contributed by atoms with Gasteiger partial charge in [-0.05, 0) is 31.2 Å². The first-order chi connectivity index (χ1) is 8.57. The summed E-state index contributed by atoms with van der Waals surface area (Å²) >= 11 is 0. The Balaban J connectivity index is 2.43. The molecule has 18 heavy (non-hydrogen) atoms. The predicted molar refractivity (Wildman–Crippen MR) is 75.2 cm³/mol. The molecule has 0 radical (unpaired) electrons. The number of nitrogens with one attached hydrogen (secondary N) is 1. The molecule has 0 heterocycles. The molecule has 102 valence electrons. The summed E-state index contributed by atoms with van der Waals surface area (Å²) in [6, 6.07) is 8.25. The van der Waals surface area contributed by atoms with Crippen LogP contribution in [0.2, 0.25) is 0 Å². The van der Waals surface area contributed by atoms with E-state index in [1.165, 1.54) is 5.56 Å². The lowest BCUT2D eigenvalue weighted by Crippen LogP contribution is -2.32. The van der Waals surface area contributed by atoms with E-state index in [1.807, 2.05) is 19.2 Å². The molecule has 3 nitrogen and oxygen atoms in total. The molecule has 1 N–H and O–H groups in total. The van der Waals surface area contributed by atoms with Crippen molar-refractivity contribution in [3.8, 4) is 5.75 Å². The smallest absolute Gasteiger partial charge is 0.119 e. The molecule has 0 saturated heterocycles. The summed E-state index contributed by atoms with van der Waals surface area (Å²) < 4.78 is 10.9. The van der Waals surface area contributed by atoms with Crippen molar-refractivity contribution < 1.29 is 9.47 Å². The summed E-state index contributed by atoms with van der Waals surface area (Å²) in [7, 11) is 3.69. The van der Waals surface area contributed by atoms with Gasteiger partial charge in [-0.2, -0.15) is 0 Å². The molecule has 0 atom stereocenters. The van der Waals surface area contributed by atoms with E-state index in [2.05, 4.69) is 31.3 Å². The molecule has 0 saturated carbocycles. The Morgan fingerprint density at radius 2 is 1.83 bits per heavy atom. The summed E-state index contributed by atoms with van der Waals surface area (Å²) in [5.74, 6) is 0.931. The monoisotopic (exact) mass is 251 g/mol. The number of hydrogen-bond donors (Lipinski definition) is 1. The van der Waals surface area contributed by atoms with Gasteiger partial charge in [0.15, 0.2) is 0 Å². The van der Waals surface area contributed by atoms with Crippen molar-refractivity contribution in [1.82, 2.24) is 5.32 Å². The summed E-state index contributed by atoms with van der Waals surface area (Å²) in [5.41, 5.74) is 1.42. The number of hydrogen-bond acceptors (Lipinski definition) is 3. The highest BCUT2D eigenvalue weighted by Crippen LogP contribution is 2.18. The van der Waals surface area contributed by atoms with E-state index in [1.54, 1.807) is 7.11 Å². The molecule has 1 aromatic carbocycles. The Hall–Kier alpha value is -1.06. The van der Waals surface area contributed by atoms with Crippen LogP contribution in [-0.2, 0) is 11.2 Å². The lowest BCUT2D eigenvalue weighted by atomic mass is 9.95. The molecule has 0 amide bonds. The first kappa shape index (κ1) is 15.0. The molecular formula is C15H25NO2. The van der Waals surface area contributed by atoms with Crippen LogP contribution >= 0.6 is 0 Å². The van der Waals surface area contributed by atoms with E-state index in [0.29, 0.717) is 6.61 Å². The maximum Gasteiger partial charge on any atom is 0.119 e. The minimum absolute atomic E-state index is 0.142. The maximum atomic E-state index is 5.81. The lowest BCUT2D eigenvalue weighted by molar-refractivity contribution is 0.179. The normalized spacial score (nSPS) is 11.6. The molecule has 3 heteroatoms. The number of methoxy groups -OCH3 is 1. The summed E-state index contributed by atoms with van der Waals surface area (Å²) in [6.45, 7) is 6.80. The second-order valence-electron chi connectivity index (χ2n) is 5.37. The fourth-order valence-electron chi connectivity index (χ4n) is 1.78. The zero-order chi connectivity index (χ0) is 13.4. The minimum atomic E-state index is 0.142. The quantitative estimate of drug-likeness (QED) is 0.770. The van der Waals surface area contributed by atoms with E-state index in [0.717, 1.165) is 25.3 Å². The van der Waals surface area contributed by atoms with Gasteiger partial charge in [0.05, 0.1) is 13.2 Å². The summed E-state index contributed by atoms with van der Waals surface area (Å²) in [5, 5.41) is 3.18. The van der Waals surface area contributed by atoms with E-state index in [4.69, 9.17) is 9.47 Å². The van der Waals surface area contributed by atoms with Gasteiger partial charge >= 0.3 is 0 Å². The third kappa shape index (κ3) is 5.52. The van der Waals surface area contributed by atoms with Gasteiger partial charge < -0.3 is 14.8 Å². The Kier molecular flexibility index (Phi) is 6.16. The molecule has 1 aromatic rings. The molecular weight excluding hydrogens is 226 g/mol. The van der Waals surface area contributed by atoms with Gasteiger partial charge in [0.1, 0.15) is 5.75 Å². The van der Waals surface area contributed by atoms with Crippen LogP contribution in [0.3, 0.4) is 0 Å². The predicted octanol–water partition coefficient (Wildman–Crippen LogP) is 2.50.